The van der Waals surface area contributed by atoms with Gasteiger partial charge in [-0.05, 0) is 26.2 Å². The lowest BCUT2D eigenvalue weighted by Crippen LogP contribution is -2.63. The lowest BCUT2D eigenvalue weighted by Gasteiger charge is -2.53. The molecule has 0 aliphatic heterocycles. The van der Waals surface area contributed by atoms with E-state index in [-0.39, 0.29) is 17.4 Å². The molecule has 1 spiro atoms. The molecule has 2 N–H and O–H groups in total. The monoisotopic (exact) mass is 264 g/mol. The average molecular weight is 264 g/mol. The Labute approximate surface area is 112 Å². The quantitative estimate of drug-likeness (QED) is 0.858. The summed E-state index contributed by atoms with van der Waals surface area (Å²) in [5, 5.41) is 13.0. The predicted molar refractivity (Wildman–Crippen MR) is 68.6 cm³/mol. The second kappa shape index (κ2) is 4.92. The molecule has 0 aromatic carbocycles. The summed E-state index contributed by atoms with van der Waals surface area (Å²) in [6.45, 7) is 2.78. The van der Waals surface area contributed by atoms with Crippen LogP contribution < -0.4 is 5.32 Å². The summed E-state index contributed by atoms with van der Waals surface area (Å²) in [4.78, 5) is 12.0. The number of amides is 1. The van der Waals surface area contributed by atoms with Crippen molar-refractivity contribution in [3.63, 3.8) is 0 Å². The van der Waals surface area contributed by atoms with E-state index in [2.05, 4.69) is 20.7 Å². The van der Waals surface area contributed by atoms with Crippen molar-refractivity contribution in [1.82, 2.24) is 20.7 Å². The van der Waals surface area contributed by atoms with Crippen molar-refractivity contribution in [1.29, 1.82) is 0 Å². The van der Waals surface area contributed by atoms with Gasteiger partial charge in [0.25, 0.3) is 5.91 Å². The highest BCUT2D eigenvalue weighted by Crippen LogP contribution is 2.54. The molecular weight excluding hydrogens is 244 g/mol. The van der Waals surface area contributed by atoms with Crippen LogP contribution in [-0.2, 0) is 4.74 Å². The molecule has 1 heterocycles. The molecule has 104 valence electrons. The molecule has 1 amide bonds. The molecule has 0 bridgehead atoms. The zero-order chi connectivity index (χ0) is 13.3. The van der Waals surface area contributed by atoms with Gasteiger partial charge in [-0.2, -0.15) is 15.4 Å². The lowest BCUT2D eigenvalue weighted by molar-refractivity contribution is -0.127. The van der Waals surface area contributed by atoms with Crippen LogP contribution in [0.15, 0.2) is 6.20 Å². The number of carbonyl (C=O) groups excluding carboxylic acids is 1. The van der Waals surface area contributed by atoms with Crippen LogP contribution in [0.25, 0.3) is 0 Å². The van der Waals surface area contributed by atoms with Gasteiger partial charge < -0.3 is 10.1 Å². The summed E-state index contributed by atoms with van der Waals surface area (Å²) in [6.07, 6.45) is 7.46. The number of nitrogens with zero attached hydrogens (tertiary/aromatic N) is 2. The Morgan fingerprint density at radius 2 is 2.37 bits per heavy atom. The van der Waals surface area contributed by atoms with Gasteiger partial charge in [-0.3, -0.25) is 4.79 Å². The second-order valence-electron chi connectivity index (χ2n) is 5.50. The largest absolute Gasteiger partial charge is 0.378 e. The lowest BCUT2D eigenvalue weighted by atomic mass is 9.60. The number of hydrogen-bond acceptors (Lipinski definition) is 4. The molecule has 0 unspecified atom stereocenters. The first-order valence-corrected chi connectivity index (χ1v) is 7.04. The summed E-state index contributed by atoms with van der Waals surface area (Å²) in [5.41, 5.74) is 0.517. The fourth-order valence-electron chi connectivity index (χ4n) is 3.63. The minimum Gasteiger partial charge on any atom is -0.378 e. The molecule has 19 heavy (non-hydrogen) atoms. The molecule has 6 heteroatoms. The first kappa shape index (κ1) is 12.6. The van der Waals surface area contributed by atoms with Crippen molar-refractivity contribution in [2.75, 3.05) is 6.61 Å². The summed E-state index contributed by atoms with van der Waals surface area (Å²) in [6, 6.07) is 0.218. The summed E-state index contributed by atoms with van der Waals surface area (Å²) in [7, 11) is 0. The van der Waals surface area contributed by atoms with Crippen molar-refractivity contribution >= 4 is 5.91 Å². The maximum absolute atomic E-state index is 12.0. The number of H-pyrrole nitrogens is 1. The number of aromatic nitrogens is 3. The Morgan fingerprint density at radius 3 is 3.00 bits per heavy atom. The first-order chi connectivity index (χ1) is 9.26. The van der Waals surface area contributed by atoms with Gasteiger partial charge in [-0.1, -0.05) is 12.8 Å². The molecule has 1 aromatic rings. The highest BCUT2D eigenvalue weighted by Gasteiger charge is 2.57. The van der Waals surface area contributed by atoms with Gasteiger partial charge in [-0.15, -0.1) is 0 Å². The molecule has 6 nitrogen and oxygen atoms in total. The molecule has 2 aliphatic carbocycles. The molecule has 2 fully saturated rings. The van der Waals surface area contributed by atoms with Gasteiger partial charge in [0, 0.05) is 18.1 Å². The standard InChI is InChI=1S/C13H20N4O2/c1-2-19-11-7-10(13(11)5-3-4-6-13)15-12(18)9-8-14-17-16-9/h8,10-11H,2-7H2,1H3,(H,15,18)(H,14,16,17)/t10-,11-/m1/s1. The zero-order valence-electron chi connectivity index (χ0n) is 11.2. The molecule has 2 aliphatic rings. The summed E-state index contributed by atoms with van der Waals surface area (Å²) in [5.74, 6) is -0.139. The maximum Gasteiger partial charge on any atom is 0.273 e. The summed E-state index contributed by atoms with van der Waals surface area (Å²) >= 11 is 0. The van der Waals surface area contributed by atoms with Crippen molar-refractivity contribution in [3.8, 4) is 0 Å². The van der Waals surface area contributed by atoms with Crippen molar-refractivity contribution < 1.29 is 9.53 Å². The zero-order valence-corrected chi connectivity index (χ0v) is 11.2. The third kappa shape index (κ3) is 2.04. The topological polar surface area (TPSA) is 79.9 Å². The smallest absolute Gasteiger partial charge is 0.273 e. The minimum absolute atomic E-state index is 0.139. The van der Waals surface area contributed by atoms with E-state index in [9.17, 15) is 4.79 Å². The highest BCUT2D eigenvalue weighted by atomic mass is 16.5. The van der Waals surface area contributed by atoms with Gasteiger partial charge in [0.05, 0.1) is 12.3 Å². The number of aromatic amines is 1. The van der Waals surface area contributed by atoms with E-state index in [1.807, 2.05) is 6.92 Å². The molecule has 0 radical (unpaired) electrons. The number of rotatable bonds is 4. The van der Waals surface area contributed by atoms with Gasteiger partial charge in [0.15, 0.2) is 5.69 Å². The van der Waals surface area contributed by atoms with Gasteiger partial charge in [0.1, 0.15) is 0 Å². The summed E-state index contributed by atoms with van der Waals surface area (Å²) < 4.78 is 5.83. The number of hydrogen-bond donors (Lipinski definition) is 2. The van der Waals surface area contributed by atoms with Gasteiger partial charge >= 0.3 is 0 Å². The molecule has 2 atom stereocenters. The van der Waals surface area contributed by atoms with Crippen LogP contribution in [0.3, 0.4) is 0 Å². The first-order valence-electron chi connectivity index (χ1n) is 7.04. The number of ether oxygens (including phenoxy) is 1. The Balaban J connectivity index is 1.67. The fourth-order valence-corrected chi connectivity index (χ4v) is 3.63. The van der Waals surface area contributed by atoms with Crippen molar-refractivity contribution in [2.45, 2.75) is 51.2 Å². The Hall–Kier alpha value is -1.43. The second-order valence-corrected chi connectivity index (χ2v) is 5.50. The number of nitrogens with one attached hydrogen (secondary N) is 2. The van der Waals surface area contributed by atoms with Gasteiger partial charge in [0.2, 0.25) is 0 Å². The van der Waals surface area contributed by atoms with E-state index >= 15 is 0 Å². The van der Waals surface area contributed by atoms with Crippen LogP contribution in [0.1, 0.15) is 49.5 Å². The van der Waals surface area contributed by atoms with Crippen LogP contribution in [0.5, 0.6) is 0 Å². The minimum atomic E-state index is -0.139. The number of carbonyl (C=O) groups is 1. The highest BCUT2D eigenvalue weighted by molar-refractivity contribution is 5.92. The van der Waals surface area contributed by atoms with E-state index in [0.29, 0.717) is 11.8 Å². The molecule has 1 aromatic heterocycles. The Kier molecular flexibility index (Phi) is 3.26. The van der Waals surface area contributed by atoms with Crippen LogP contribution in [0.4, 0.5) is 0 Å². The van der Waals surface area contributed by atoms with Crippen molar-refractivity contribution in [3.05, 3.63) is 11.9 Å². The van der Waals surface area contributed by atoms with Crippen LogP contribution in [-0.4, -0.2) is 40.1 Å². The van der Waals surface area contributed by atoms with Crippen LogP contribution >= 0.6 is 0 Å². The van der Waals surface area contributed by atoms with E-state index in [0.717, 1.165) is 25.9 Å². The van der Waals surface area contributed by atoms with Crippen LogP contribution in [0, 0.1) is 5.41 Å². The fraction of sp³-hybridized carbons (Fsp3) is 0.769. The van der Waals surface area contributed by atoms with E-state index in [1.165, 1.54) is 19.0 Å². The predicted octanol–water partition coefficient (Wildman–Crippen LogP) is 1.27. The van der Waals surface area contributed by atoms with Crippen molar-refractivity contribution in [2.24, 2.45) is 5.41 Å². The van der Waals surface area contributed by atoms with E-state index in [1.54, 1.807) is 0 Å². The molecule has 2 saturated carbocycles. The van der Waals surface area contributed by atoms with Crippen LogP contribution in [0.2, 0.25) is 0 Å². The average Bonchev–Trinajstić information content (AvgIpc) is 3.09. The molecule has 3 rings (SSSR count). The SMILES string of the molecule is CCO[C@@H]1C[C@@H](NC(=O)c2cn[nH]n2)C12CCCC2. The molecule has 0 saturated heterocycles. The third-order valence-corrected chi connectivity index (χ3v) is 4.64. The maximum atomic E-state index is 12.0. The normalized spacial score (nSPS) is 28.3. The third-order valence-electron chi connectivity index (χ3n) is 4.64. The molecular formula is C13H20N4O2. The van der Waals surface area contributed by atoms with E-state index in [4.69, 9.17) is 4.74 Å². The Bertz CT molecular complexity index is 440. The van der Waals surface area contributed by atoms with Gasteiger partial charge in [-0.25, -0.2) is 0 Å². The van der Waals surface area contributed by atoms with E-state index < -0.39 is 0 Å². The Morgan fingerprint density at radius 1 is 1.58 bits per heavy atom.